The van der Waals surface area contributed by atoms with E-state index in [1.807, 2.05) is 58.0 Å². The first kappa shape index (κ1) is 16.5. The van der Waals surface area contributed by atoms with Gasteiger partial charge in [0, 0.05) is 17.5 Å². The van der Waals surface area contributed by atoms with Crippen molar-refractivity contribution in [2.45, 2.75) is 27.7 Å². The number of hydrogen-bond acceptors (Lipinski definition) is 2. The number of carbonyl (C=O) groups excluding carboxylic acids is 1. The number of allylic oxidation sites excluding steroid dienone is 4. The molecule has 1 fully saturated rings. The SMILES string of the molecule is CC(C)=C1[C@H]2C=C[C@@H]1[C@@H](C(=O)O)[C@@H]2C(=O)Nc1cccc(C)c1C. The average Bonchev–Trinajstić information content (AvgIpc) is 3.07. The number of anilines is 1. The summed E-state index contributed by atoms with van der Waals surface area (Å²) in [5.74, 6) is -2.60. The summed E-state index contributed by atoms with van der Waals surface area (Å²) in [7, 11) is 0. The van der Waals surface area contributed by atoms with Gasteiger partial charge in [0.1, 0.15) is 0 Å². The van der Waals surface area contributed by atoms with Crippen molar-refractivity contribution in [3.05, 3.63) is 52.6 Å². The minimum atomic E-state index is -0.897. The predicted octanol–water partition coefficient (Wildman–Crippen LogP) is 3.71. The lowest BCUT2D eigenvalue weighted by Gasteiger charge is -2.24. The Hall–Kier alpha value is -2.36. The van der Waals surface area contributed by atoms with Crippen LogP contribution in [0.5, 0.6) is 0 Å². The molecule has 126 valence electrons. The first-order chi connectivity index (χ1) is 11.3. The van der Waals surface area contributed by atoms with Crippen LogP contribution in [0.2, 0.25) is 0 Å². The van der Waals surface area contributed by atoms with Crippen molar-refractivity contribution < 1.29 is 14.7 Å². The van der Waals surface area contributed by atoms with Gasteiger partial charge in [0.2, 0.25) is 5.91 Å². The Bertz CT molecular complexity index is 771. The van der Waals surface area contributed by atoms with Gasteiger partial charge in [-0.05, 0) is 44.9 Å². The van der Waals surface area contributed by atoms with Gasteiger partial charge in [0.25, 0.3) is 0 Å². The van der Waals surface area contributed by atoms with Crippen LogP contribution in [0.4, 0.5) is 5.69 Å². The molecule has 4 nitrogen and oxygen atoms in total. The van der Waals surface area contributed by atoms with Crippen LogP contribution >= 0.6 is 0 Å². The molecule has 3 rings (SSSR count). The zero-order valence-corrected chi connectivity index (χ0v) is 14.5. The number of aliphatic carboxylic acids is 1. The molecule has 0 saturated heterocycles. The summed E-state index contributed by atoms with van der Waals surface area (Å²) in [6.07, 6.45) is 3.95. The van der Waals surface area contributed by atoms with E-state index >= 15 is 0 Å². The van der Waals surface area contributed by atoms with Gasteiger partial charge in [-0.25, -0.2) is 0 Å². The summed E-state index contributed by atoms with van der Waals surface area (Å²) in [5, 5.41) is 12.6. The molecule has 24 heavy (non-hydrogen) atoms. The number of hydrogen-bond donors (Lipinski definition) is 2. The van der Waals surface area contributed by atoms with E-state index in [2.05, 4.69) is 5.32 Å². The largest absolute Gasteiger partial charge is 0.481 e. The number of benzene rings is 1. The van der Waals surface area contributed by atoms with Gasteiger partial charge < -0.3 is 10.4 Å². The van der Waals surface area contributed by atoms with E-state index in [0.717, 1.165) is 28.0 Å². The van der Waals surface area contributed by atoms with Crippen molar-refractivity contribution in [3.8, 4) is 0 Å². The third-order valence-electron chi connectivity index (χ3n) is 5.43. The summed E-state index contributed by atoms with van der Waals surface area (Å²) in [6, 6.07) is 5.75. The second-order valence-corrected chi connectivity index (χ2v) is 7.02. The summed E-state index contributed by atoms with van der Waals surface area (Å²) in [6.45, 7) is 7.94. The fraction of sp³-hybridized carbons (Fsp3) is 0.400. The number of carboxylic acids is 1. The number of fused-ring (bicyclic) bond motifs is 2. The van der Waals surface area contributed by atoms with Crippen molar-refractivity contribution in [1.29, 1.82) is 0 Å². The Labute approximate surface area is 142 Å². The van der Waals surface area contributed by atoms with Gasteiger partial charge in [-0.3, -0.25) is 9.59 Å². The summed E-state index contributed by atoms with van der Waals surface area (Å²) in [4.78, 5) is 24.7. The maximum absolute atomic E-state index is 12.9. The number of aryl methyl sites for hydroxylation is 1. The maximum Gasteiger partial charge on any atom is 0.308 e. The summed E-state index contributed by atoms with van der Waals surface area (Å²) < 4.78 is 0. The lowest BCUT2D eigenvalue weighted by Crippen LogP contribution is -2.36. The highest BCUT2D eigenvalue weighted by Crippen LogP contribution is 2.53. The van der Waals surface area contributed by atoms with Crippen molar-refractivity contribution in [3.63, 3.8) is 0 Å². The summed E-state index contributed by atoms with van der Waals surface area (Å²) >= 11 is 0. The van der Waals surface area contributed by atoms with E-state index in [9.17, 15) is 14.7 Å². The molecule has 1 amide bonds. The molecule has 1 aromatic rings. The molecule has 0 unspecified atom stereocenters. The van der Waals surface area contributed by atoms with E-state index in [-0.39, 0.29) is 17.7 Å². The molecule has 2 aliphatic carbocycles. The molecular weight excluding hydrogens is 302 g/mol. The molecule has 0 aliphatic heterocycles. The van der Waals surface area contributed by atoms with Crippen molar-refractivity contribution in [2.75, 3.05) is 5.32 Å². The summed E-state index contributed by atoms with van der Waals surface area (Å²) in [5.41, 5.74) is 5.08. The van der Waals surface area contributed by atoms with Crippen LogP contribution in [0, 0.1) is 37.5 Å². The molecule has 2 bridgehead atoms. The number of carboxylic acid groups (broad SMARTS) is 1. The first-order valence-corrected chi connectivity index (χ1v) is 8.28. The Morgan fingerprint density at radius 2 is 1.67 bits per heavy atom. The van der Waals surface area contributed by atoms with Crippen LogP contribution in [-0.2, 0) is 9.59 Å². The van der Waals surface area contributed by atoms with Gasteiger partial charge in [-0.15, -0.1) is 0 Å². The Morgan fingerprint density at radius 1 is 1.04 bits per heavy atom. The molecule has 0 radical (unpaired) electrons. The van der Waals surface area contributed by atoms with E-state index in [4.69, 9.17) is 0 Å². The standard InChI is InChI=1S/C20H23NO3/c1-10(2)16-13-8-9-14(16)18(20(23)24)17(13)19(22)21-15-7-5-6-11(3)12(15)4/h5-9,13-14,17-18H,1-4H3,(H,21,22)(H,23,24)/t13-,14+,17-,18-/m1/s1. The second kappa shape index (κ2) is 5.93. The van der Waals surface area contributed by atoms with Crippen LogP contribution < -0.4 is 5.32 Å². The van der Waals surface area contributed by atoms with Crippen LogP contribution in [0.15, 0.2) is 41.5 Å². The molecule has 4 heteroatoms. The third kappa shape index (κ3) is 2.46. The smallest absolute Gasteiger partial charge is 0.308 e. The molecular formula is C20H23NO3. The minimum absolute atomic E-state index is 0.105. The maximum atomic E-state index is 12.9. The predicted molar refractivity (Wildman–Crippen MR) is 93.7 cm³/mol. The molecule has 1 aromatic carbocycles. The normalized spacial score (nSPS) is 27.4. The lowest BCUT2D eigenvalue weighted by molar-refractivity contribution is -0.146. The lowest BCUT2D eigenvalue weighted by atomic mass is 9.82. The molecule has 0 heterocycles. The van der Waals surface area contributed by atoms with E-state index < -0.39 is 17.8 Å². The highest BCUT2D eigenvalue weighted by atomic mass is 16.4. The molecule has 2 N–H and O–H groups in total. The van der Waals surface area contributed by atoms with E-state index in [0.29, 0.717) is 0 Å². The topological polar surface area (TPSA) is 66.4 Å². The Balaban J connectivity index is 1.94. The number of rotatable bonds is 3. The Kier molecular flexibility index (Phi) is 4.08. The van der Waals surface area contributed by atoms with Crippen LogP contribution in [0.3, 0.4) is 0 Å². The van der Waals surface area contributed by atoms with Gasteiger partial charge >= 0.3 is 5.97 Å². The monoisotopic (exact) mass is 325 g/mol. The molecule has 0 spiro atoms. The number of amides is 1. The highest BCUT2D eigenvalue weighted by Gasteiger charge is 2.54. The Morgan fingerprint density at radius 3 is 2.25 bits per heavy atom. The third-order valence-corrected chi connectivity index (χ3v) is 5.43. The van der Waals surface area contributed by atoms with Gasteiger partial charge in [-0.1, -0.05) is 35.4 Å². The molecule has 4 atom stereocenters. The molecule has 0 aromatic heterocycles. The van der Waals surface area contributed by atoms with E-state index in [1.54, 1.807) is 0 Å². The van der Waals surface area contributed by atoms with Gasteiger partial charge in [0.15, 0.2) is 0 Å². The zero-order chi connectivity index (χ0) is 17.6. The second-order valence-electron chi connectivity index (χ2n) is 7.02. The highest BCUT2D eigenvalue weighted by molar-refractivity contribution is 5.97. The van der Waals surface area contributed by atoms with Crippen molar-refractivity contribution in [1.82, 2.24) is 0 Å². The quantitative estimate of drug-likeness (QED) is 0.833. The fourth-order valence-electron chi connectivity index (χ4n) is 4.14. The van der Waals surface area contributed by atoms with Crippen LogP contribution in [-0.4, -0.2) is 17.0 Å². The average molecular weight is 325 g/mol. The van der Waals surface area contributed by atoms with Gasteiger partial charge in [0.05, 0.1) is 11.8 Å². The van der Waals surface area contributed by atoms with Crippen molar-refractivity contribution in [2.24, 2.45) is 23.7 Å². The first-order valence-electron chi connectivity index (χ1n) is 8.28. The number of carbonyl (C=O) groups is 2. The van der Waals surface area contributed by atoms with Gasteiger partial charge in [-0.2, -0.15) is 0 Å². The number of nitrogens with one attached hydrogen (secondary N) is 1. The fourth-order valence-corrected chi connectivity index (χ4v) is 4.14. The molecule has 1 saturated carbocycles. The minimum Gasteiger partial charge on any atom is -0.481 e. The van der Waals surface area contributed by atoms with Crippen LogP contribution in [0.1, 0.15) is 25.0 Å². The molecule has 2 aliphatic rings. The van der Waals surface area contributed by atoms with Crippen LogP contribution in [0.25, 0.3) is 0 Å². The van der Waals surface area contributed by atoms with E-state index in [1.165, 1.54) is 0 Å². The van der Waals surface area contributed by atoms with Crippen molar-refractivity contribution >= 4 is 17.6 Å². The zero-order valence-electron chi connectivity index (χ0n) is 14.5.